The van der Waals surface area contributed by atoms with Gasteiger partial charge in [0.25, 0.3) is 5.56 Å². The summed E-state index contributed by atoms with van der Waals surface area (Å²) in [5.41, 5.74) is 6.03. The summed E-state index contributed by atoms with van der Waals surface area (Å²) in [5.74, 6) is 1.44. The van der Waals surface area contributed by atoms with Crippen molar-refractivity contribution in [1.82, 2.24) is 14.9 Å². The Morgan fingerprint density at radius 1 is 1.64 bits per heavy atom. The van der Waals surface area contributed by atoms with E-state index in [2.05, 4.69) is 16.9 Å². The van der Waals surface area contributed by atoms with Crippen molar-refractivity contribution in [2.24, 2.45) is 0 Å². The number of rotatable bonds is 6. The second-order valence-corrected chi connectivity index (χ2v) is 7.14. The fraction of sp³-hybridized carbons (Fsp3) is 0.667. The van der Waals surface area contributed by atoms with Crippen LogP contribution in [0.2, 0.25) is 0 Å². The summed E-state index contributed by atoms with van der Waals surface area (Å²) in [6, 6.07) is 1.48. The first-order chi connectivity index (χ1) is 10.5. The Bertz CT molecular complexity index is 575. The highest BCUT2D eigenvalue weighted by Crippen LogP contribution is 2.27. The van der Waals surface area contributed by atoms with Crippen LogP contribution in [-0.2, 0) is 4.79 Å². The zero-order valence-corrected chi connectivity index (χ0v) is 14.0. The van der Waals surface area contributed by atoms with Crippen molar-refractivity contribution in [3.8, 4) is 0 Å². The number of nitrogens with zero attached hydrogens (tertiary/aromatic N) is 2. The van der Waals surface area contributed by atoms with E-state index in [-0.39, 0.29) is 28.6 Å². The van der Waals surface area contributed by atoms with E-state index < -0.39 is 0 Å². The molecular weight excluding hydrogens is 300 g/mol. The van der Waals surface area contributed by atoms with Crippen LogP contribution in [-0.4, -0.2) is 44.9 Å². The molecule has 3 N–H and O–H groups in total. The molecule has 6 nitrogen and oxygen atoms in total. The predicted octanol–water partition coefficient (Wildman–Crippen LogP) is 1.59. The third-order valence-electron chi connectivity index (χ3n) is 3.91. The number of hydrogen-bond acceptors (Lipinski definition) is 5. The molecule has 7 heteroatoms. The second-order valence-electron chi connectivity index (χ2n) is 5.69. The van der Waals surface area contributed by atoms with E-state index in [1.165, 1.54) is 6.07 Å². The summed E-state index contributed by atoms with van der Waals surface area (Å²) < 4.78 is 0. The van der Waals surface area contributed by atoms with E-state index in [0.29, 0.717) is 12.2 Å². The van der Waals surface area contributed by atoms with Crippen molar-refractivity contribution in [3.63, 3.8) is 0 Å². The lowest BCUT2D eigenvalue weighted by Gasteiger charge is -2.20. The number of likely N-dealkylation sites (tertiary alicyclic amines) is 1. The van der Waals surface area contributed by atoms with Gasteiger partial charge in [-0.3, -0.25) is 14.6 Å². The van der Waals surface area contributed by atoms with Gasteiger partial charge in [-0.15, -0.1) is 11.8 Å². The predicted molar refractivity (Wildman–Crippen MR) is 90.0 cm³/mol. The normalized spacial score (nSPS) is 19.4. The molecule has 0 aliphatic carbocycles. The maximum absolute atomic E-state index is 12.4. The van der Waals surface area contributed by atoms with Gasteiger partial charge < -0.3 is 10.6 Å². The molecule has 1 aliphatic rings. The van der Waals surface area contributed by atoms with Crippen molar-refractivity contribution in [3.05, 3.63) is 22.1 Å². The van der Waals surface area contributed by atoms with Crippen LogP contribution >= 0.6 is 11.8 Å². The standard InChI is InChI=1S/C15H24N4O2S/c1-3-4-7-22-10(2)14(21)19-6-5-11(9-19)12-8-13(20)18-15(16)17-12/h8,10-11H,3-7,9H2,1-2H3,(H3,16,17,18,20). The smallest absolute Gasteiger partial charge is 0.252 e. The Morgan fingerprint density at radius 3 is 3.09 bits per heavy atom. The van der Waals surface area contributed by atoms with Crippen LogP contribution in [0.1, 0.15) is 44.7 Å². The monoisotopic (exact) mass is 324 g/mol. The molecule has 0 aromatic carbocycles. The molecule has 2 rings (SSSR count). The van der Waals surface area contributed by atoms with Crippen molar-refractivity contribution < 1.29 is 4.79 Å². The van der Waals surface area contributed by atoms with Gasteiger partial charge in [-0.2, -0.15) is 0 Å². The molecule has 22 heavy (non-hydrogen) atoms. The molecule has 2 unspecified atom stereocenters. The van der Waals surface area contributed by atoms with Gasteiger partial charge >= 0.3 is 0 Å². The van der Waals surface area contributed by atoms with Crippen LogP contribution in [0.4, 0.5) is 5.95 Å². The first-order valence-corrected chi connectivity index (χ1v) is 8.83. The van der Waals surface area contributed by atoms with E-state index in [1.54, 1.807) is 11.8 Å². The van der Waals surface area contributed by atoms with E-state index in [1.807, 2.05) is 11.8 Å². The van der Waals surface area contributed by atoms with Crippen LogP contribution in [0.3, 0.4) is 0 Å². The Kier molecular flexibility index (Phi) is 5.88. The number of aromatic amines is 1. The number of nitrogens with two attached hydrogens (primary N) is 1. The quantitative estimate of drug-likeness (QED) is 0.775. The van der Waals surface area contributed by atoms with Crippen molar-refractivity contribution in [1.29, 1.82) is 0 Å². The Balaban J connectivity index is 1.94. The van der Waals surface area contributed by atoms with Crippen molar-refractivity contribution in [2.75, 3.05) is 24.6 Å². The molecule has 1 amide bonds. The minimum Gasteiger partial charge on any atom is -0.369 e. The van der Waals surface area contributed by atoms with Crippen LogP contribution in [0.15, 0.2) is 10.9 Å². The van der Waals surface area contributed by atoms with Gasteiger partial charge in [0.05, 0.1) is 10.9 Å². The number of thioether (sulfide) groups is 1. The third kappa shape index (κ3) is 4.25. The molecule has 0 spiro atoms. The lowest BCUT2D eigenvalue weighted by molar-refractivity contribution is -0.129. The van der Waals surface area contributed by atoms with Gasteiger partial charge in [0.15, 0.2) is 0 Å². The zero-order valence-electron chi connectivity index (χ0n) is 13.2. The summed E-state index contributed by atoms with van der Waals surface area (Å²) in [4.78, 5) is 32.4. The number of nitrogens with one attached hydrogen (secondary N) is 1. The maximum Gasteiger partial charge on any atom is 0.252 e. The van der Waals surface area contributed by atoms with E-state index in [4.69, 9.17) is 5.73 Å². The molecular formula is C15H24N4O2S. The average molecular weight is 324 g/mol. The van der Waals surface area contributed by atoms with Crippen LogP contribution in [0.5, 0.6) is 0 Å². The summed E-state index contributed by atoms with van der Waals surface area (Å²) in [5, 5.41) is -0.0116. The van der Waals surface area contributed by atoms with Gasteiger partial charge in [-0.25, -0.2) is 4.98 Å². The van der Waals surface area contributed by atoms with Crippen LogP contribution in [0, 0.1) is 0 Å². The highest BCUT2D eigenvalue weighted by molar-refractivity contribution is 8.00. The zero-order chi connectivity index (χ0) is 16.1. The van der Waals surface area contributed by atoms with Crippen LogP contribution < -0.4 is 11.3 Å². The van der Waals surface area contributed by atoms with E-state index in [0.717, 1.165) is 31.6 Å². The fourth-order valence-electron chi connectivity index (χ4n) is 2.64. The Labute approximate surface area is 134 Å². The molecule has 0 radical (unpaired) electrons. The first-order valence-electron chi connectivity index (χ1n) is 7.78. The topological polar surface area (TPSA) is 92.1 Å². The van der Waals surface area contributed by atoms with Gasteiger partial charge in [0, 0.05) is 25.1 Å². The maximum atomic E-state index is 12.4. The van der Waals surface area contributed by atoms with Gasteiger partial charge in [0.2, 0.25) is 11.9 Å². The molecule has 1 fully saturated rings. The number of amides is 1. The van der Waals surface area contributed by atoms with E-state index in [9.17, 15) is 9.59 Å². The highest BCUT2D eigenvalue weighted by atomic mass is 32.2. The van der Waals surface area contributed by atoms with E-state index >= 15 is 0 Å². The summed E-state index contributed by atoms with van der Waals surface area (Å²) >= 11 is 1.72. The number of carbonyl (C=O) groups excluding carboxylic acids is 1. The summed E-state index contributed by atoms with van der Waals surface area (Å²) in [6.07, 6.45) is 3.12. The van der Waals surface area contributed by atoms with Crippen LogP contribution in [0.25, 0.3) is 0 Å². The molecule has 2 heterocycles. The lowest BCUT2D eigenvalue weighted by atomic mass is 10.1. The molecule has 122 valence electrons. The molecule has 1 aliphatic heterocycles. The number of aromatic nitrogens is 2. The summed E-state index contributed by atoms with van der Waals surface area (Å²) in [7, 11) is 0. The Hall–Kier alpha value is -1.50. The average Bonchev–Trinajstić information content (AvgIpc) is 2.95. The number of nitrogen functional groups attached to an aromatic ring is 1. The number of H-pyrrole nitrogens is 1. The Morgan fingerprint density at radius 2 is 2.41 bits per heavy atom. The minimum atomic E-state index is -0.240. The van der Waals surface area contributed by atoms with Gasteiger partial charge in [0.1, 0.15) is 0 Å². The molecule has 0 saturated carbocycles. The number of unbranched alkanes of at least 4 members (excludes halogenated alkanes) is 1. The van der Waals surface area contributed by atoms with Gasteiger partial charge in [-0.1, -0.05) is 13.3 Å². The second kappa shape index (κ2) is 7.67. The minimum absolute atomic E-state index is 0.0116. The number of hydrogen-bond donors (Lipinski definition) is 2. The largest absolute Gasteiger partial charge is 0.369 e. The molecule has 0 bridgehead atoms. The molecule has 1 aromatic rings. The highest BCUT2D eigenvalue weighted by Gasteiger charge is 2.30. The lowest BCUT2D eigenvalue weighted by Crippen LogP contribution is -2.34. The molecule has 1 saturated heterocycles. The molecule has 2 atom stereocenters. The van der Waals surface area contributed by atoms with Gasteiger partial charge in [-0.05, 0) is 25.5 Å². The first kappa shape index (κ1) is 16.9. The summed E-state index contributed by atoms with van der Waals surface area (Å²) in [6.45, 7) is 5.46. The fourth-order valence-corrected chi connectivity index (χ4v) is 3.74. The SMILES string of the molecule is CCCCSC(C)C(=O)N1CCC(c2cc(=O)[nH]c(N)n2)C1. The number of carbonyl (C=O) groups is 1. The van der Waals surface area contributed by atoms with Crippen molar-refractivity contribution in [2.45, 2.75) is 44.3 Å². The molecule has 1 aromatic heterocycles. The number of anilines is 1. The third-order valence-corrected chi connectivity index (χ3v) is 5.14. The van der Waals surface area contributed by atoms with Crippen molar-refractivity contribution >= 4 is 23.6 Å².